The molecular formula is C24H26ClNO5. The molecule has 164 valence electrons. The average Bonchev–Trinajstić information content (AvgIpc) is 2.73. The molecular weight excluding hydrogens is 418 g/mol. The Kier molecular flexibility index (Phi) is 6.19. The summed E-state index contributed by atoms with van der Waals surface area (Å²) in [7, 11) is 0. The van der Waals surface area contributed by atoms with Gasteiger partial charge in [0.2, 0.25) is 0 Å². The van der Waals surface area contributed by atoms with Gasteiger partial charge in [-0.05, 0) is 50.8 Å². The fourth-order valence-electron chi connectivity index (χ4n) is 5.04. The van der Waals surface area contributed by atoms with E-state index in [2.05, 4.69) is 0 Å². The molecule has 0 saturated heterocycles. The number of allylic oxidation sites excluding steroid dienone is 4. The van der Waals surface area contributed by atoms with E-state index in [1.54, 1.807) is 18.2 Å². The number of carbonyl (C=O) groups excluding carboxylic acids is 2. The Morgan fingerprint density at radius 3 is 2.26 bits per heavy atom. The predicted molar refractivity (Wildman–Crippen MR) is 116 cm³/mol. The molecule has 0 unspecified atom stereocenters. The molecule has 6 nitrogen and oxygen atoms in total. The maximum atomic E-state index is 13.2. The van der Waals surface area contributed by atoms with Gasteiger partial charge in [-0.2, -0.15) is 0 Å². The molecule has 3 aliphatic rings. The smallest absolute Gasteiger partial charge is 0.305 e. The molecule has 1 aromatic rings. The Hall–Kier alpha value is -2.60. The number of carboxylic acids is 1. The highest BCUT2D eigenvalue weighted by Crippen LogP contribution is 2.51. The van der Waals surface area contributed by atoms with Crippen LogP contribution in [-0.2, 0) is 14.4 Å². The van der Waals surface area contributed by atoms with Gasteiger partial charge in [-0.3, -0.25) is 14.4 Å². The number of hydrogen-bond acceptors (Lipinski definition) is 5. The van der Waals surface area contributed by atoms with E-state index >= 15 is 0 Å². The van der Waals surface area contributed by atoms with Crippen LogP contribution in [0.3, 0.4) is 0 Å². The second-order valence-electron chi connectivity index (χ2n) is 8.12. The zero-order chi connectivity index (χ0) is 22.1. The normalized spacial score (nSPS) is 19.5. The molecule has 1 aliphatic heterocycles. The lowest BCUT2D eigenvalue weighted by Crippen LogP contribution is -2.40. The second kappa shape index (κ2) is 8.87. The summed E-state index contributed by atoms with van der Waals surface area (Å²) in [6.45, 7) is 2.60. The summed E-state index contributed by atoms with van der Waals surface area (Å²) in [6.07, 6.45) is 3.60. The van der Waals surface area contributed by atoms with Crippen LogP contribution >= 0.6 is 11.6 Å². The fraction of sp³-hybridized carbons (Fsp3) is 0.458. The van der Waals surface area contributed by atoms with Gasteiger partial charge >= 0.3 is 5.97 Å². The summed E-state index contributed by atoms with van der Waals surface area (Å²) in [4.78, 5) is 39.7. The van der Waals surface area contributed by atoms with Gasteiger partial charge in [-0.15, -0.1) is 0 Å². The van der Waals surface area contributed by atoms with Crippen molar-refractivity contribution in [1.29, 1.82) is 0 Å². The van der Waals surface area contributed by atoms with Crippen LogP contribution in [0.2, 0.25) is 5.02 Å². The maximum absolute atomic E-state index is 13.2. The van der Waals surface area contributed by atoms with Gasteiger partial charge in [0, 0.05) is 58.4 Å². The van der Waals surface area contributed by atoms with Crippen LogP contribution in [0.15, 0.2) is 40.7 Å². The van der Waals surface area contributed by atoms with Crippen molar-refractivity contribution in [1.82, 2.24) is 4.90 Å². The van der Waals surface area contributed by atoms with E-state index < -0.39 is 11.9 Å². The number of hydrogen-bond donors (Lipinski definition) is 1. The number of aliphatic carboxylic acids is 1. The number of ketones is 2. The lowest BCUT2D eigenvalue weighted by Gasteiger charge is -2.44. The topological polar surface area (TPSA) is 83.9 Å². The maximum Gasteiger partial charge on any atom is 0.305 e. The molecule has 0 amide bonds. The van der Waals surface area contributed by atoms with Crippen LogP contribution in [0.5, 0.6) is 5.75 Å². The number of Topliss-reactive ketones (excluding diaryl/α,β-unsaturated/α-hetero) is 2. The lowest BCUT2D eigenvalue weighted by molar-refractivity contribution is -0.137. The van der Waals surface area contributed by atoms with Gasteiger partial charge < -0.3 is 14.7 Å². The van der Waals surface area contributed by atoms with E-state index in [0.717, 1.165) is 29.8 Å². The standard InChI is InChI=1S/C24H26ClNO5/c1-2-31-20-10-9-14(25)13-15(20)22-23-16(5-3-7-18(23)27)26(12-11-21(29)30)17-6-4-8-19(28)24(17)22/h9-10,13,22H,2-8,11-12H2,1H3,(H,29,30). The first-order chi connectivity index (χ1) is 14.9. The molecule has 0 radical (unpaired) electrons. The molecule has 7 heteroatoms. The van der Waals surface area contributed by atoms with Crippen molar-refractivity contribution in [3.8, 4) is 5.75 Å². The van der Waals surface area contributed by atoms with Crippen LogP contribution in [0.1, 0.15) is 63.4 Å². The Morgan fingerprint density at radius 1 is 1.10 bits per heavy atom. The van der Waals surface area contributed by atoms with Crippen LogP contribution in [0.4, 0.5) is 0 Å². The molecule has 1 N–H and O–H groups in total. The van der Waals surface area contributed by atoms with E-state index in [4.69, 9.17) is 16.3 Å². The molecule has 0 fully saturated rings. The molecule has 4 rings (SSSR count). The summed E-state index contributed by atoms with van der Waals surface area (Å²) in [5.74, 6) is -0.778. The van der Waals surface area contributed by atoms with Crippen molar-refractivity contribution >= 4 is 29.1 Å². The van der Waals surface area contributed by atoms with Crippen LogP contribution < -0.4 is 4.74 Å². The van der Waals surface area contributed by atoms with E-state index in [-0.39, 0.29) is 24.5 Å². The van der Waals surface area contributed by atoms with Crippen molar-refractivity contribution < 1.29 is 24.2 Å². The van der Waals surface area contributed by atoms with Gasteiger partial charge in [-0.25, -0.2) is 0 Å². The minimum atomic E-state index is -0.899. The fourth-order valence-corrected chi connectivity index (χ4v) is 5.22. The molecule has 0 saturated carbocycles. The summed E-state index contributed by atoms with van der Waals surface area (Å²) in [5.41, 5.74) is 3.66. The number of nitrogens with zero attached hydrogens (tertiary/aromatic N) is 1. The first kappa shape index (κ1) is 21.6. The molecule has 0 atom stereocenters. The van der Waals surface area contributed by atoms with Crippen molar-refractivity contribution in [2.75, 3.05) is 13.2 Å². The van der Waals surface area contributed by atoms with E-state index in [0.29, 0.717) is 54.2 Å². The Labute approximate surface area is 186 Å². The molecule has 0 bridgehead atoms. The summed E-state index contributed by atoms with van der Waals surface area (Å²) >= 11 is 6.34. The third kappa shape index (κ3) is 4.01. The minimum absolute atomic E-state index is 0.0129. The number of carboxylic acid groups (broad SMARTS) is 1. The molecule has 1 aromatic carbocycles. The lowest BCUT2D eigenvalue weighted by atomic mass is 9.70. The van der Waals surface area contributed by atoms with Crippen molar-refractivity contribution in [2.45, 2.75) is 57.8 Å². The molecule has 0 spiro atoms. The monoisotopic (exact) mass is 443 g/mol. The van der Waals surface area contributed by atoms with E-state index in [9.17, 15) is 19.5 Å². The van der Waals surface area contributed by atoms with Gasteiger partial charge in [0.25, 0.3) is 0 Å². The van der Waals surface area contributed by atoms with Gasteiger partial charge in [0.15, 0.2) is 11.6 Å². The highest BCUT2D eigenvalue weighted by atomic mass is 35.5. The summed E-state index contributed by atoms with van der Waals surface area (Å²) < 4.78 is 5.86. The minimum Gasteiger partial charge on any atom is -0.494 e. The first-order valence-corrected chi connectivity index (χ1v) is 11.2. The number of carbonyl (C=O) groups is 3. The number of rotatable bonds is 6. The molecule has 1 heterocycles. The van der Waals surface area contributed by atoms with Crippen molar-refractivity contribution in [3.05, 3.63) is 51.3 Å². The number of benzene rings is 1. The van der Waals surface area contributed by atoms with Crippen LogP contribution in [-0.4, -0.2) is 40.7 Å². The van der Waals surface area contributed by atoms with E-state index in [1.807, 2.05) is 11.8 Å². The third-order valence-electron chi connectivity index (χ3n) is 6.22. The van der Waals surface area contributed by atoms with Crippen LogP contribution in [0.25, 0.3) is 0 Å². The first-order valence-electron chi connectivity index (χ1n) is 10.9. The average molecular weight is 444 g/mol. The SMILES string of the molecule is CCOc1ccc(Cl)cc1C1C2=C(CCCC2=O)N(CCC(=O)O)C2=C1C(=O)CCC2. The van der Waals surface area contributed by atoms with Gasteiger partial charge in [0.05, 0.1) is 13.0 Å². The van der Waals surface area contributed by atoms with E-state index in [1.165, 1.54) is 0 Å². The number of halogens is 1. The van der Waals surface area contributed by atoms with Crippen molar-refractivity contribution in [3.63, 3.8) is 0 Å². The summed E-state index contributed by atoms with van der Waals surface area (Å²) in [6, 6.07) is 5.33. The highest BCUT2D eigenvalue weighted by Gasteiger charge is 2.44. The zero-order valence-corrected chi connectivity index (χ0v) is 18.3. The largest absolute Gasteiger partial charge is 0.494 e. The number of ether oxygens (including phenoxy) is 1. The Bertz CT molecular complexity index is 965. The quantitative estimate of drug-likeness (QED) is 0.690. The Balaban J connectivity index is 1.95. The third-order valence-corrected chi connectivity index (χ3v) is 6.45. The van der Waals surface area contributed by atoms with Gasteiger partial charge in [0.1, 0.15) is 5.75 Å². The predicted octanol–water partition coefficient (Wildman–Crippen LogP) is 4.63. The molecule has 2 aliphatic carbocycles. The second-order valence-corrected chi connectivity index (χ2v) is 8.55. The molecule has 0 aromatic heterocycles. The van der Waals surface area contributed by atoms with Crippen LogP contribution in [0, 0.1) is 0 Å². The zero-order valence-electron chi connectivity index (χ0n) is 17.6. The van der Waals surface area contributed by atoms with Gasteiger partial charge in [-0.1, -0.05) is 11.6 Å². The summed E-state index contributed by atoms with van der Waals surface area (Å²) in [5, 5.41) is 9.79. The molecule has 31 heavy (non-hydrogen) atoms. The van der Waals surface area contributed by atoms with Crippen molar-refractivity contribution in [2.24, 2.45) is 0 Å². The Morgan fingerprint density at radius 2 is 1.71 bits per heavy atom. The highest BCUT2D eigenvalue weighted by molar-refractivity contribution is 6.30.